The van der Waals surface area contributed by atoms with E-state index in [2.05, 4.69) is 163 Å². The van der Waals surface area contributed by atoms with Crippen molar-refractivity contribution in [2.45, 2.75) is 72.8 Å². The molecule has 0 bridgehead atoms. The van der Waals surface area contributed by atoms with Gasteiger partial charge in [-0.25, -0.2) is 0 Å². The van der Waals surface area contributed by atoms with Gasteiger partial charge in [-0.05, 0) is 0 Å². The second-order valence-electron chi connectivity index (χ2n) is 17.9. The van der Waals surface area contributed by atoms with Gasteiger partial charge in [0.05, 0.1) is 0 Å². The van der Waals surface area contributed by atoms with Crippen LogP contribution in [-0.2, 0) is 46.1 Å². The number of alkyl halides is 6. The van der Waals surface area contributed by atoms with E-state index in [0.29, 0.717) is 11.1 Å². The van der Waals surface area contributed by atoms with Gasteiger partial charge in [0.2, 0.25) is 0 Å². The molecule has 0 spiro atoms. The topological polar surface area (TPSA) is 0 Å². The standard InChI is InChI=1S/C33H33.C15H8Cl6.C5H5.2ClH.Zr/c1-32(2,3)30-20-26-24(18-28(30)22-13-9-7-10-14-22)17-25-19-29(23-15-11-8-12-16-23)31(21-27(25)26)33(4,5)6;16-14(17,18)12-5-1-10(2-6-12)9-11-3-7-13(8-4-11)15(19,20)21;1-2-4-5-3-1;;;/h7-16,18,20-21H,17H2,1-6H3;1-8H;1-3H,4H2;2*1H;. The Morgan fingerprint density at radius 3 is 1.47 bits per heavy atom. The summed E-state index contributed by atoms with van der Waals surface area (Å²) in [4.78, 5) is 0. The van der Waals surface area contributed by atoms with Gasteiger partial charge in [0.25, 0.3) is 0 Å². The Labute approximate surface area is 417 Å². The molecule has 0 radical (unpaired) electrons. The number of halogens is 8. The second kappa shape index (κ2) is 19.0. The first kappa shape index (κ1) is 49.3. The fourth-order valence-electron chi connectivity index (χ4n) is 8.81. The first-order valence-electron chi connectivity index (χ1n) is 20.3. The molecule has 0 heterocycles. The summed E-state index contributed by atoms with van der Waals surface area (Å²) in [6, 6.07) is 45.7. The van der Waals surface area contributed by atoms with Gasteiger partial charge in [0.1, 0.15) is 0 Å². The maximum atomic E-state index is 6.46. The summed E-state index contributed by atoms with van der Waals surface area (Å²) in [6.45, 7) is 14.1. The molecule has 0 saturated heterocycles. The molecule has 6 aromatic carbocycles. The van der Waals surface area contributed by atoms with E-state index >= 15 is 0 Å². The molecule has 2 aliphatic rings. The van der Waals surface area contributed by atoms with Crippen LogP contribution in [0.15, 0.2) is 149 Å². The summed E-state index contributed by atoms with van der Waals surface area (Å²) in [5.41, 5.74) is 16.5. The minimum Gasteiger partial charge on any atom is -0.147 e. The van der Waals surface area contributed by atoms with Crippen LogP contribution in [0, 0.1) is 0 Å². The van der Waals surface area contributed by atoms with Gasteiger partial charge in [-0.3, -0.25) is 0 Å². The predicted molar refractivity (Wildman–Crippen MR) is 273 cm³/mol. The number of hydrogen-bond acceptors (Lipinski definition) is 0. The number of rotatable bonds is 6. The summed E-state index contributed by atoms with van der Waals surface area (Å²) in [7, 11) is 0. The van der Waals surface area contributed by atoms with E-state index in [1.807, 2.05) is 24.3 Å². The van der Waals surface area contributed by atoms with Crippen molar-refractivity contribution >= 4 is 101 Å². The van der Waals surface area contributed by atoms with E-state index in [1.54, 1.807) is 0 Å². The molecule has 2 aliphatic carbocycles. The van der Waals surface area contributed by atoms with Gasteiger partial charge in [-0.15, -0.1) is 24.8 Å². The van der Waals surface area contributed by atoms with E-state index in [0.717, 1.165) is 24.0 Å². The van der Waals surface area contributed by atoms with Gasteiger partial charge in [0.15, 0.2) is 0 Å². The molecule has 0 aliphatic heterocycles. The van der Waals surface area contributed by atoms with Crippen LogP contribution in [-0.4, -0.2) is 3.21 Å². The molecule has 0 N–H and O–H groups in total. The molecule has 0 unspecified atom stereocenters. The Hall–Kier alpha value is -2.13. The van der Waals surface area contributed by atoms with E-state index in [-0.39, 0.29) is 35.6 Å². The smallest absolute Gasteiger partial charge is 0.147 e. The van der Waals surface area contributed by atoms with Crippen molar-refractivity contribution in [1.29, 1.82) is 0 Å². The predicted octanol–water partition coefficient (Wildman–Crippen LogP) is 17.0. The molecule has 9 heteroatoms. The maximum Gasteiger partial charge on any atom is -0.147 e. The van der Waals surface area contributed by atoms with Crippen LogP contribution < -0.4 is 3.27 Å². The Morgan fingerprint density at radius 2 is 1.02 bits per heavy atom. The Morgan fingerprint density at radius 1 is 0.532 bits per heavy atom. The third kappa shape index (κ3) is 9.99. The van der Waals surface area contributed by atoms with E-state index < -0.39 is 28.9 Å². The first-order chi connectivity index (χ1) is 28.3. The maximum absolute atomic E-state index is 6.46. The van der Waals surface area contributed by atoms with Crippen molar-refractivity contribution in [3.63, 3.8) is 0 Å². The monoisotopic (exact) mass is 1050 g/mol. The van der Waals surface area contributed by atoms with Crippen LogP contribution in [0.3, 0.4) is 0 Å². The van der Waals surface area contributed by atoms with Crippen LogP contribution in [0.1, 0.15) is 92.5 Å². The summed E-state index contributed by atoms with van der Waals surface area (Å²) in [6.07, 6.45) is 8.65. The average molecular weight is 1060 g/mol. The number of fused-ring (bicyclic) bond motifs is 3. The zero-order valence-electron chi connectivity index (χ0n) is 35.4. The molecular formula is C53H48Cl8Zr. The third-order valence-corrected chi connectivity index (χ3v) is 20.7. The van der Waals surface area contributed by atoms with Crippen LogP contribution in [0.25, 0.3) is 33.4 Å². The van der Waals surface area contributed by atoms with Crippen LogP contribution in [0.5, 0.6) is 0 Å². The van der Waals surface area contributed by atoms with Crippen molar-refractivity contribution in [3.05, 3.63) is 193 Å². The second-order valence-corrected chi connectivity index (χ2v) is 28.3. The largest absolute Gasteiger partial charge is 0.147 e. The molecule has 0 nitrogen and oxygen atoms in total. The summed E-state index contributed by atoms with van der Waals surface area (Å²) in [5.74, 6) is 0. The van der Waals surface area contributed by atoms with Gasteiger partial charge in [-0.1, -0.05) is 0 Å². The zero-order valence-corrected chi connectivity index (χ0v) is 44.0. The van der Waals surface area contributed by atoms with Gasteiger partial charge in [0, 0.05) is 0 Å². The third-order valence-electron chi connectivity index (χ3n) is 11.7. The number of allylic oxidation sites excluding steroid dienone is 4. The first-order valence-corrected chi connectivity index (χ1v) is 26.2. The Kier molecular flexibility index (Phi) is 15.1. The Bertz CT molecular complexity index is 2630. The fraction of sp³-hybridized carbons (Fsp3) is 0.226. The van der Waals surface area contributed by atoms with Crippen LogP contribution in [0.4, 0.5) is 0 Å². The number of benzene rings is 6. The number of hydrogen-bond donors (Lipinski definition) is 0. The fourth-order valence-corrected chi connectivity index (χ4v) is 18.0. The summed E-state index contributed by atoms with van der Waals surface area (Å²) < 4.78 is 1.21. The summed E-state index contributed by atoms with van der Waals surface area (Å²) in [5, 5.41) is 0. The van der Waals surface area contributed by atoms with Crippen molar-refractivity contribution in [2.75, 3.05) is 0 Å². The normalized spacial score (nSPS) is 13.5. The van der Waals surface area contributed by atoms with Crippen LogP contribution in [0.2, 0.25) is 0 Å². The van der Waals surface area contributed by atoms with Gasteiger partial charge in [-0.2, -0.15) is 0 Å². The molecule has 0 atom stereocenters. The van der Waals surface area contributed by atoms with Crippen LogP contribution >= 0.6 is 94.4 Å². The van der Waals surface area contributed by atoms with E-state index in [4.69, 9.17) is 69.6 Å². The molecule has 0 saturated carbocycles. The molecule has 62 heavy (non-hydrogen) atoms. The average Bonchev–Trinajstić information content (AvgIpc) is 3.87. The molecule has 6 aromatic rings. The van der Waals surface area contributed by atoms with Crippen molar-refractivity contribution < 1.29 is 21.3 Å². The SMILES string of the molecule is CC(C)(C)c1cc2c(cc1-c1ccccc1)Cc1c-2cc(C(C)(C)C)c(-c2ccccc2)[c]1[Zr]([C]1=CC=CC1)=[C](c1ccc(C(Cl)(Cl)Cl)cc1)c1ccc(C(Cl)(Cl)Cl)cc1.Cl.Cl. The minimum atomic E-state index is -3.34. The quantitative estimate of drug-likeness (QED) is 0.146. The van der Waals surface area contributed by atoms with Gasteiger partial charge >= 0.3 is 397 Å². The van der Waals surface area contributed by atoms with Crippen molar-refractivity contribution in [1.82, 2.24) is 0 Å². The summed E-state index contributed by atoms with van der Waals surface area (Å²) >= 11 is 35.4. The Balaban J connectivity index is 0.00000321. The van der Waals surface area contributed by atoms with Crippen molar-refractivity contribution in [3.8, 4) is 33.4 Å². The molecule has 320 valence electrons. The minimum absolute atomic E-state index is 0. The zero-order chi connectivity index (χ0) is 42.8. The van der Waals surface area contributed by atoms with E-state index in [9.17, 15) is 0 Å². The van der Waals surface area contributed by atoms with Crippen molar-refractivity contribution in [2.24, 2.45) is 0 Å². The van der Waals surface area contributed by atoms with E-state index in [1.165, 1.54) is 65.4 Å². The molecule has 0 amide bonds. The molecule has 8 rings (SSSR count). The van der Waals surface area contributed by atoms with Gasteiger partial charge < -0.3 is 0 Å². The molecule has 0 fully saturated rings. The molecule has 0 aromatic heterocycles. The molecular weight excluding hydrogens is 1010 g/mol.